The Hall–Kier alpha value is -1.54. The fourth-order valence-electron chi connectivity index (χ4n) is 3.00. The highest BCUT2D eigenvalue weighted by molar-refractivity contribution is 5.79. The molecule has 1 aliphatic heterocycles. The Morgan fingerprint density at radius 3 is 2.29 bits per heavy atom. The highest BCUT2D eigenvalue weighted by Gasteiger charge is 2.20. The Kier molecular flexibility index (Phi) is 11.2. The van der Waals surface area contributed by atoms with E-state index in [1.807, 2.05) is 20.8 Å². The average molecular weight is 399 g/mol. The summed E-state index contributed by atoms with van der Waals surface area (Å²) >= 11 is 0. The molecule has 8 nitrogen and oxygen atoms in total. The standard InChI is InChI=1S/C20H42N6O2/c1-7-21-18(22-10-9-11-23-19(27)28-20(4,5)6)24-16-17(3)26-14-12-25(8-2)13-15-26/h17H,7-16H2,1-6H3,(H,23,27)(H2,21,22,24). The summed E-state index contributed by atoms with van der Waals surface area (Å²) in [5, 5.41) is 9.40. The number of carbonyl (C=O) groups excluding carboxylic acids is 1. The summed E-state index contributed by atoms with van der Waals surface area (Å²) in [5.41, 5.74) is -0.465. The number of nitrogens with zero attached hydrogens (tertiary/aromatic N) is 3. The minimum Gasteiger partial charge on any atom is -0.444 e. The smallest absolute Gasteiger partial charge is 0.407 e. The molecule has 8 heteroatoms. The number of rotatable bonds is 9. The molecule has 0 spiro atoms. The molecule has 1 heterocycles. The Morgan fingerprint density at radius 1 is 1.07 bits per heavy atom. The van der Waals surface area contributed by atoms with Gasteiger partial charge in [-0.05, 0) is 47.6 Å². The summed E-state index contributed by atoms with van der Waals surface area (Å²) in [6.45, 7) is 20.7. The second-order valence-electron chi connectivity index (χ2n) is 8.25. The summed E-state index contributed by atoms with van der Waals surface area (Å²) in [6, 6.07) is 0.434. The maximum atomic E-state index is 11.6. The van der Waals surface area contributed by atoms with Crippen LogP contribution in [0.2, 0.25) is 0 Å². The fourth-order valence-corrected chi connectivity index (χ4v) is 3.00. The minimum absolute atomic E-state index is 0.370. The molecule has 1 amide bonds. The molecule has 1 rings (SSSR count). The van der Waals surface area contributed by atoms with Crippen LogP contribution >= 0.6 is 0 Å². The van der Waals surface area contributed by atoms with Gasteiger partial charge in [-0.15, -0.1) is 0 Å². The second-order valence-corrected chi connectivity index (χ2v) is 8.25. The predicted octanol–water partition coefficient (Wildman–Crippen LogP) is 1.48. The van der Waals surface area contributed by atoms with E-state index in [4.69, 9.17) is 9.73 Å². The van der Waals surface area contributed by atoms with Crippen LogP contribution < -0.4 is 16.0 Å². The van der Waals surface area contributed by atoms with Crippen LogP contribution in [0.25, 0.3) is 0 Å². The van der Waals surface area contributed by atoms with Crippen molar-refractivity contribution in [2.75, 3.05) is 58.9 Å². The number of amides is 1. The summed E-state index contributed by atoms with van der Waals surface area (Å²) in [7, 11) is 0. The molecule has 0 aromatic carbocycles. The predicted molar refractivity (Wildman–Crippen MR) is 116 cm³/mol. The van der Waals surface area contributed by atoms with Crippen LogP contribution in [-0.4, -0.2) is 92.4 Å². The number of likely N-dealkylation sites (N-methyl/N-ethyl adjacent to an activating group) is 1. The zero-order valence-electron chi connectivity index (χ0n) is 18.8. The summed E-state index contributed by atoms with van der Waals surface area (Å²) in [4.78, 5) is 21.4. The van der Waals surface area contributed by atoms with Crippen molar-refractivity contribution in [1.29, 1.82) is 0 Å². The lowest BCUT2D eigenvalue weighted by Crippen LogP contribution is -2.50. The van der Waals surface area contributed by atoms with Crippen LogP contribution in [0.4, 0.5) is 4.79 Å². The molecule has 28 heavy (non-hydrogen) atoms. The normalized spacial score (nSPS) is 17.9. The lowest BCUT2D eigenvalue weighted by atomic mass is 10.2. The lowest BCUT2D eigenvalue weighted by molar-refractivity contribution is 0.0527. The number of nitrogens with one attached hydrogen (secondary N) is 3. The highest BCUT2D eigenvalue weighted by atomic mass is 16.6. The molecule has 164 valence electrons. The van der Waals surface area contributed by atoms with Gasteiger partial charge in [0.2, 0.25) is 0 Å². The van der Waals surface area contributed by atoms with E-state index >= 15 is 0 Å². The van der Waals surface area contributed by atoms with Crippen LogP contribution in [0.15, 0.2) is 4.99 Å². The van der Waals surface area contributed by atoms with Crippen molar-refractivity contribution >= 4 is 12.1 Å². The van der Waals surface area contributed by atoms with Crippen molar-refractivity contribution in [2.45, 2.75) is 59.6 Å². The van der Waals surface area contributed by atoms with Gasteiger partial charge in [-0.3, -0.25) is 9.89 Å². The zero-order valence-corrected chi connectivity index (χ0v) is 18.8. The molecule has 1 fully saturated rings. The highest BCUT2D eigenvalue weighted by Crippen LogP contribution is 2.07. The lowest BCUT2D eigenvalue weighted by Gasteiger charge is -2.37. The molecule has 0 saturated carbocycles. The quantitative estimate of drug-likeness (QED) is 0.310. The van der Waals surface area contributed by atoms with Gasteiger partial charge in [-0.1, -0.05) is 6.92 Å². The van der Waals surface area contributed by atoms with Gasteiger partial charge in [-0.25, -0.2) is 4.79 Å². The maximum absolute atomic E-state index is 11.6. The molecule has 1 atom stereocenters. The van der Waals surface area contributed by atoms with Crippen LogP contribution in [-0.2, 0) is 4.74 Å². The van der Waals surface area contributed by atoms with E-state index in [1.54, 1.807) is 0 Å². The Balaban J connectivity index is 2.29. The minimum atomic E-state index is -0.465. The van der Waals surface area contributed by atoms with Gasteiger partial charge < -0.3 is 25.6 Å². The molecule has 0 aromatic rings. The molecule has 0 aromatic heterocycles. The Bertz CT molecular complexity index is 470. The van der Waals surface area contributed by atoms with E-state index in [0.29, 0.717) is 12.6 Å². The molecule has 0 radical (unpaired) electrons. The first-order valence-electron chi connectivity index (χ1n) is 10.7. The van der Waals surface area contributed by atoms with Gasteiger partial charge in [0.25, 0.3) is 0 Å². The van der Waals surface area contributed by atoms with E-state index in [-0.39, 0.29) is 6.09 Å². The van der Waals surface area contributed by atoms with E-state index in [2.05, 4.69) is 46.5 Å². The number of guanidine groups is 1. The topological polar surface area (TPSA) is 81.2 Å². The van der Waals surface area contributed by atoms with Gasteiger partial charge in [0, 0.05) is 51.9 Å². The zero-order chi connectivity index (χ0) is 21.0. The van der Waals surface area contributed by atoms with E-state index in [1.165, 1.54) is 0 Å². The van der Waals surface area contributed by atoms with E-state index < -0.39 is 5.60 Å². The van der Waals surface area contributed by atoms with E-state index in [9.17, 15) is 4.79 Å². The molecular weight excluding hydrogens is 356 g/mol. The van der Waals surface area contributed by atoms with Crippen molar-refractivity contribution in [3.8, 4) is 0 Å². The third kappa shape index (κ3) is 10.7. The Labute approximate surface area is 171 Å². The third-order valence-electron chi connectivity index (χ3n) is 4.65. The van der Waals surface area contributed by atoms with Crippen molar-refractivity contribution in [1.82, 2.24) is 25.8 Å². The number of hydrogen-bond acceptors (Lipinski definition) is 5. The van der Waals surface area contributed by atoms with Crippen molar-refractivity contribution in [3.63, 3.8) is 0 Å². The van der Waals surface area contributed by atoms with Crippen LogP contribution in [0, 0.1) is 0 Å². The SMILES string of the molecule is CCNC(=NCC(C)N1CCN(CC)CC1)NCCCNC(=O)OC(C)(C)C. The summed E-state index contributed by atoms with van der Waals surface area (Å²) < 4.78 is 5.23. The van der Waals surface area contributed by atoms with Crippen LogP contribution in [0.1, 0.15) is 48.0 Å². The number of piperazine rings is 1. The number of alkyl carbamates (subject to hydrolysis) is 1. The summed E-state index contributed by atoms with van der Waals surface area (Å²) in [5.74, 6) is 0.832. The first kappa shape index (κ1) is 24.5. The van der Waals surface area contributed by atoms with Crippen LogP contribution in [0.3, 0.4) is 0 Å². The number of carbonyl (C=O) groups is 1. The molecule has 0 aliphatic carbocycles. The summed E-state index contributed by atoms with van der Waals surface area (Å²) in [6.07, 6.45) is 0.433. The largest absolute Gasteiger partial charge is 0.444 e. The van der Waals surface area contributed by atoms with Gasteiger partial charge in [0.15, 0.2) is 5.96 Å². The molecule has 1 aliphatic rings. The molecule has 1 saturated heterocycles. The van der Waals surface area contributed by atoms with Gasteiger partial charge in [-0.2, -0.15) is 0 Å². The van der Waals surface area contributed by atoms with Gasteiger partial charge in [0.05, 0.1) is 6.54 Å². The number of aliphatic imine (C=N–C) groups is 1. The maximum Gasteiger partial charge on any atom is 0.407 e. The fraction of sp³-hybridized carbons (Fsp3) is 0.900. The van der Waals surface area contributed by atoms with Crippen molar-refractivity contribution < 1.29 is 9.53 Å². The first-order chi connectivity index (χ1) is 13.2. The number of ether oxygens (including phenoxy) is 1. The monoisotopic (exact) mass is 398 g/mol. The molecule has 1 unspecified atom stereocenters. The van der Waals surface area contributed by atoms with Crippen LogP contribution in [0.5, 0.6) is 0 Å². The first-order valence-corrected chi connectivity index (χ1v) is 10.7. The van der Waals surface area contributed by atoms with Gasteiger partial charge in [0.1, 0.15) is 5.60 Å². The van der Waals surface area contributed by atoms with Crippen molar-refractivity contribution in [3.05, 3.63) is 0 Å². The van der Waals surface area contributed by atoms with Crippen molar-refractivity contribution in [2.24, 2.45) is 4.99 Å². The average Bonchev–Trinajstić information content (AvgIpc) is 2.64. The number of hydrogen-bond donors (Lipinski definition) is 3. The Morgan fingerprint density at radius 2 is 1.71 bits per heavy atom. The van der Waals surface area contributed by atoms with Gasteiger partial charge >= 0.3 is 6.09 Å². The second kappa shape index (κ2) is 12.8. The molecule has 3 N–H and O–H groups in total. The molecular formula is C20H42N6O2. The third-order valence-corrected chi connectivity index (χ3v) is 4.65. The van der Waals surface area contributed by atoms with E-state index in [0.717, 1.165) is 64.7 Å². The molecule has 0 bridgehead atoms.